The van der Waals surface area contributed by atoms with E-state index < -0.39 is 12.3 Å². The molecule has 2 heterocycles. The predicted octanol–water partition coefficient (Wildman–Crippen LogP) is 6.23. The number of hydrogen-bond acceptors (Lipinski definition) is 6. The zero-order valence-electron chi connectivity index (χ0n) is 17.5. The second-order valence-corrected chi connectivity index (χ2v) is 7.34. The Morgan fingerprint density at radius 2 is 0.971 bits per heavy atom. The molecule has 5 aromatic rings. The van der Waals surface area contributed by atoms with Crippen LogP contribution >= 0.6 is 0 Å². The van der Waals surface area contributed by atoms with E-state index in [9.17, 15) is 19.8 Å². The van der Waals surface area contributed by atoms with Gasteiger partial charge in [-0.3, -0.25) is 0 Å². The zero-order valence-corrected chi connectivity index (χ0v) is 17.5. The van der Waals surface area contributed by atoms with E-state index in [-0.39, 0.29) is 11.8 Å². The summed E-state index contributed by atoms with van der Waals surface area (Å²) in [5.41, 5.74) is 3.73. The van der Waals surface area contributed by atoms with Gasteiger partial charge in [-0.2, -0.15) is 0 Å². The van der Waals surface area contributed by atoms with E-state index in [1.165, 1.54) is 0 Å². The van der Waals surface area contributed by atoms with Gasteiger partial charge in [0.05, 0.1) is 0 Å². The number of carboxylic acid groups (broad SMARTS) is 2. The molecule has 0 saturated carbocycles. The lowest BCUT2D eigenvalue weighted by Gasteiger charge is -2.14. The van der Waals surface area contributed by atoms with Gasteiger partial charge >= 0.3 is 12.3 Å². The van der Waals surface area contributed by atoms with Crippen molar-refractivity contribution in [2.24, 2.45) is 0 Å². The quantitative estimate of drug-likeness (QED) is 0.243. The summed E-state index contributed by atoms with van der Waals surface area (Å²) >= 11 is 0. The highest BCUT2D eigenvalue weighted by molar-refractivity contribution is 6.12. The first-order chi connectivity index (χ1) is 16.5. The first-order valence-corrected chi connectivity index (χ1v) is 10.2. The third kappa shape index (κ3) is 3.95. The molecule has 0 aliphatic carbocycles. The summed E-state index contributed by atoms with van der Waals surface area (Å²) in [5.74, 6) is -0.252. The molecule has 0 aliphatic rings. The lowest BCUT2D eigenvalue weighted by atomic mass is 9.96. The van der Waals surface area contributed by atoms with Gasteiger partial charge in [-0.1, -0.05) is 72.8 Å². The maximum absolute atomic E-state index is 11.3. The molecule has 0 fully saturated rings. The molecule has 0 radical (unpaired) electrons. The molecule has 2 aromatic heterocycles. The van der Waals surface area contributed by atoms with Crippen LogP contribution in [0.25, 0.3) is 44.1 Å². The first kappa shape index (κ1) is 20.9. The molecule has 166 valence electrons. The minimum absolute atomic E-state index is 0.126. The van der Waals surface area contributed by atoms with E-state index >= 15 is 0 Å². The minimum atomic E-state index is -1.50. The van der Waals surface area contributed by atoms with Crippen LogP contribution in [0, 0.1) is 0 Å². The van der Waals surface area contributed by atoms with Crippen molar-refractivity contribution in [1.82, 2.24) is 9.97 Å². The largest absolute Gasteiger partial charge is 0.512 e. The van der Waals surface area contributed by atoms with Gasteiger partial charge in [0, 0.05) is 22.9 Å². The van der Waals surface area contributed by atoms with Crippen LogP contribution in [-0.2, 0) is 0 Å². The number of ether oxygens (including phenoxy) is 2. The van der Waals surface area contributed by atoms with Crippen molar-refractivity contribution >= 4 is 34.1 Å². The number of nitrogens with zero attached hydrogens (tertiary/aromatic N) is 2. The number of benzene rings is 3. The van der Waals surface area contributed by atoms with E-state index in [0.717, 1.165) is 11.1 Å². The molecule has 0 spiro atoms. The number of hydrogen-bond donors (Lipinski definition) is 2. The van der Waals surface area contributed by atoms with Crippen molar-refractivity contribution in [1.29, 1.82) is 0 Å². The highest BCUT2D eigenvalue weighted by Gasteiger charge is 2.18. The standard InChI is InChI=1S/C26H16N2O6/c29-25(30)33-21-13-19(15-7-3-1-4-8-15)17-11-12-18-20(16-9-5-2-6-10-16)14-22(34-26(31)32)28-24(18)23(17)27-21/h1-14H,(H,29,30)(H,31,32). The number of pyridine rings is 2. The van der Waals surface area contributed by atoms with Crippen molar-refractivity contribution < 1.29 is 29.3 Å². The minimum Gasteiger partial charge on any atom is -0.449 e. The Morgan fingerprint density at radius 1 is 0.588 bits per heavy atom. The fraction of sp³-hybridized carbons (Fsp3) is 0. The van der Waals surface area contributed by atoms with Gasteiger partial charge in [-0.05, 0) is 22.3 Å². The summed E-state index contributed by atoms with van der Waals surface area (Å²) in [6.45, 7) is 0. The van der Waals surface area contributed by atoms with Crippen LogP contribution in [0.5, 0.6) is 11.8 Å². The summed E-state index contributed by atoms with van der Waals surface area (Å²) in [6, 6.07) is 25.6. The normalized spacial score (nSPS) is 10.8. The van der Waals surface area contributed by atoms with Gasteiger partial charge in [0.25, 0.3) is 0 Å². The number of rotatable bonds is 4. The molecule has 3 aromatic carbocycles. The van der Waals surface area contributed by atoms with Crippen molar-refractivity contribution in [2.45, 2.75) is 0 Å². The van der Waals surface area contributed by atoms with E-state index in [0.29, 0.717) is 32.9 Å². The van der Waals surface area contributed by atoms with Crippen molar-refractivity contribution in [3.63, 3.8) is 0 Å². The SMILES string of the molecule is O=C(O)Oc1cc(-c2ccccc2)c2ccc3c(-c4ccccc4)cc(OC(=O)O)nc3c2n1. The van der Waals surface area contributed by atoms with Gasteiger partial charge in [0.15, 0.2) is 0 Å². The van der Waals surface area contributed by atoms with E-state index in [1.54, 1.807) is 12.1 Å². The van der Waals surface area contributed by atoms with Crippen LogP contribution in [0.15, 0.2) is 84.9 Å². The third-order valence-corrected chi connectivity index (χ3v) is 5.26. The molecule has 5 rings (SSSR count). The van der Waals surface area contributed by atoms with Crippen molar-refractivity contribution in [3.8, 4) is 34.0 Å². The van der Waals surface area contributed by atoms with Crippen LogP contribution in [0.4, 0.5) is 9.59 Å². The van der Waals surface area contributed by atoms with Gasteiger partial charge < -0.3 is 19.7 Å². The highest BCUT2D eigenvalue weighted by Crippen LogP contribution is 2.38. The molecule has 0 atom stereocenters. The van der Waals surface area contributed by atoms with Crippen LogP contribution in [-0.4, -0.2) is 32.5 Å². The fourth-order valence-corrected chi connectivity index (χ4v) is 3.92. The molecule has 0 saturated heterocycles. The van der Waals surface area contributed by atoms with Crippen LogP contribution < -0.4 is 9.47 Å². The maximum atomic E-state index is 11.3. The Bertz CT molecular complexity index is 1430. The monoisotopic (exact) mass is 452 g/mol. The molecule has 8 nitrogen and oxygen atoms in total. The Hall–Kier alpha value is -4.98. The van der Waals surface area contributed by atoms with Gasteiger partial charge in [0.2, 0.25) is 11.8 Å². The van der Waals surface area contributed by atoms with E-state index in [2.05, 4.69) is 9.97 Å². The van der Waals surface area contributed by atoms with E-state index in [4.69, 9.17) is 9.47 Å². The van der Waals surface area contributed by atoms with Crippen molar-refractivity contribution in [3.05, 3.63) is 84.9 Å². The highest BCUT2D eigenvalue weighted by atomic mass is 16.7. The van der Waals surface area contributed by atoms with Crippen LogP contribution in [0.2, 0.25) is 0 Å². The zero-order chi connectivity index (χ0) is 23.7. The lowest BCUT2D eigenvalue weighted by Crippen LogP contribution is -2.06. The average Bonchev–Trinajstić information content (AvgIpc) is 2.83. The summed E-state index contributed by atoms with van der Waals surface area (Å²) in [7, 11) is 0. The molecular weight excluding hydrogens is 436 g/mol. The Kier molecular flexibility index (Phi) is 5.23. The van der Waals surface area contributed by atoms with E-state index in [1.807, 2.05) is 72.8 Å². The average molecular weight is 452 g/mol. The first-order valence-electron chi connectivity index (χ1n) is 10.2. The summed E-state index contributed by atoms with van der Waals surface area (Å²) in [6.07, 6.45) is -3.00. The Morgan fingerprint density at radius 3 is 1.32 bits per heavy atom. The maximum Gasteiger partial charge on any atom is 0.512 e. The summed E-state index contributed by atoms with van der Waals surface area (Å²) in [4.78, 5) is 31.4. The number of aromatic nitrogens is 2. The molecule has 0 bridgehead atoms. The summed E-state index contributed by atoms with van der Waals surface area (Å²) in [5, 5.41) is 19.8. The number of carbonyl (C=O) groups is 2. The molecule has 34 heavy (non-hydrogen) atoms. The topological polar surface area (TPSA) is 119 Å². The van der Waals surface area contributed by atoms with Gasteiger partial charge in [0.1, 0.15) is 11.0 Å². The predicted molar refractivity (Wildman–Crippen MR) is 125 cm³/mol. The lowest BCUT2D eigenvalue weighted by molar-refractivity contribution is 0.141. The molecule has 0 unspecified atom stereocenters. The molecule has 8 heteroatoms. The smallest absolute Gasteiger partial charge is 0.449 e. The van der Waals surface area contributed by atoms with Crippen molar-refractivity contribution in [2.75, 3.05) is 0 Å². The van der Waals surface area contributed by atoms with Gasteiger partial charge in [-0.25, -0.2) is 19.6 Å². The Labute approximate surface area is 192 Å². The number of fused-ring (bicyclic) bond motifs is 3. The third-order valence-electron chi connectivity index (χ3n) is 5.26. The second-order valence-electron chi connectivity index (χ2n) is 7.34. The fourth-order valence-electron chi connectivity index (χ4n) is 3.92. The molecule has 0 amide bonds. The molecular formula is C26H16N2O6. The molecule has 0 aliphatic heterocycles. The van der Waals surface area contributed by atoms with Crippen LogP contribution in [0.3, 0.4) is 0 Å². The second kappa shape index (κ2) is 8.51. The van der Waals surface area contributed by atoms with Crippen LogP contribution in [0.1, 0.15) is 0 Å². The molecule has 2 N–H and O–H groups in total. The van der Waals surface area contributed by atoms with Gasteiger partial charge in [-0.15, -0.1) is 0 Å². The summed E-state index contributed by atoms with van der Waals surface area (Å²) < 4.78 is 9.79. The Balaban J connectivity index is 1.88.